The number of benzene rings is 2. The molecule has 0 spiro atoms. The molecule has 19 heavy (non-hydrogen) atoms. The SMILES string of the molecule is Cc1ccc(Oc2ccc(F)c(Cl)c2)c(C(=O)O)c1. The molecule has 0 aliphatic rings. The first-order valence-electron chi connectivity index (χ1n) is 5.44. The summed E-state index contributed by atoms with van der Waals surface area (Å²) in [4.78, 5) is 11.1. The smallest absolute Gasteiger partial charge is 0.339 e. The van der Waals surface area contributed by atoms with E-state index in [2.05, 4.69) is 0 Å². The third-order valence-corrected chi connectivity index (χ3v) is 2.77. The molecule has 0 unspecified atom stereocenters. The van der Waals surface area contributed by atoms with Crippen molar-refractivity contribution in [2.75, 3.05) is 0 Å². The second-order valence-corrected chi connectivity index (χ2v) is 4.39. The van der Waals surface area contributed by atoms with Crippen LogP contribution in [0.15, 0.2) is 36.4 Å². The molecule has 0 radical (unpaired) electrons. The Morgan fingerprint density at radius 1 is 1.26 bits per heavy atom. The lowest BCUT2D eigenvalue weighted by atomic mass is 10.1. The van der Waals surface area contributed by atoms with Gasteiger partial charge in [0.05, 0.1) is 5.02 Å². The minimum absolute atomic E-state index is 0.0421. The van der Waals surface area contributed by atoms with E-state index in [-0.39, 0.29) is 22.1 Å². The largest absolute Gasteiger partial charge is 0.478 e. The quantitative estimate of drug-likeness (QED) is 0.913. The molecule has 0 aromatic heterocycles. The predicted octanol–water partition coefficient (Wildman–Crippen LogP) is 4.28. The number of carboxylic acids is 1. The second-order valence-electron chi connectivity index (χ2n) is 3.98. The third kappa shape index (κ3) is 3.03. The number of hydrogen-bond acceptors (Lipinski definition) is 2. The number of ether oxygens (including phenoxy) is 1. The Balaban J connectivity index is 2.37. The standard InChI is InChI=1S/C14H10ClFO3/c1-8-2-5-13(10(6-8)14(17)18)19-9-3-4-12(16)11(15)7-9/h2-7H,1H3,(H,17,18). The summed E-state index contributed by atoms with van der Waals surface area (Å²) in [6, 6.07) is 8.62. The van der Waals surface area contributed by atoms with Crippen LogP contribution in [0.4, 0.5) is 4.39 Å². The fourth-order valence-electron chi connectivity index (χ4n) is 1.57. The molecule has 0 atom stereocenters. The van der Waals surface area contributed by atoms with Gasteiger partial charge in [-0.2, -0.15) is 0 Å². The molecule has 0 saturated heterocycles. The van der Waals surface area contributed by atoms with Crippen molar-refractivity contribution in [3.8, 4) is 11.5 Å². The van der Waals surface area contributed by atoms with Gasteiger partial charge in [-0.25, -0.2) is 9.18 Å². The Morgan fingerprint density at radius 2 is 2.00 bits per heavy atom. The van der Waals surface area contributed by atoms with Crippen LogP contribution in [-0.2, 0) is 0 Å². The molecule has 3 nitrogen and oxygen atoms in total. The van der Waals surface area contributed by atoms with Gasteiger partial charge in [-0.1, -0.05) is 23.2 Å². The molecule has 0 aliphatic carbocycles. The van der Waals surface area contributed by atoms with Gasteiger partial charge >= 0.3 is 5.97 Å². The number of aryl methyl sites for hydroxylation is 1. The van der Waals surface area contributed by atoms with Crippen LogP contribution in [0.3, 0.4) is 0 Å². The Bertz CT molecular complexity index is 641. The maximum Gasteiger partial charge on any atom is 0.339 e. The summed E-state index contributed by atoms with van der Waals surface area (Å²) in [6.45, 7) is 1.78. The zero-order valence-electron chi connectivity index (χ0n) is 9.98. The molecule has 1 N–H and O–H groups in total. The lowest BCUT2D eigenvalue weighted by Crippen LogP contribution is -2.00. The fraction of sp³-hybridized carbons (Fsp3) is 0.0714. The Kier molecular flexibility index (Phi) is 3.71. The average Bonchev–Trinajstić information content (AvgIpc) is 2.36. The molecular formula is C14H10ClFO3. The summed E-state index contributed by atoms with van der Waals surface area (Å²) in [6.07, 6.45) is 0. The van der Waals surface area contributed by atoms with Crippen molar-refractivity contribution in [1.82, 2.24) is 0 Å². The third-order valence-electron chi connectivity index (χ3n) is 2.48. The molecule has 0 bridgehead atoms. The normalized spacial score (nSPS) is 10.3. The van der Waals surface area contributed by atoms with Gasteiger partial charge in [0.2, 0.25) is 0 Å². The van der Waals surface area contributed by atoms with Gasteiger partial charge in [-0.05, 0) is 31.2 Å². The Hall–Kier alpha value is -2.07. The van der Waals surface area contributed by atoms with Gasteiger partial charge in [0.1, 0.15) is 22.9 Å². The summed E-state index contributed by atoms with van der Waals surface area (Å²) in [7, 11) is 0. The van der Waals surface area contributed by atoms with Gasteiger partial charge in [0.25, 0.3) is 0 Å². The summed E-state index contributed by atoms with van der Waals surface area (Å²) in [5.74, 6) is -1.19. The Labute approximate surface area is 114 Å². The first-order chi connectivity index (χ1) is 8.97. The minimum atomic E-state index is -1.09. The monoisotopic (exact) mass is 280 g/mol. The van der Waals surface area contributed by atoms with Gasteiger partial charge in [-0.3, -0.25) is 0 Å². The minimum Gasteiger partial charge on any atom is -0.478 e. The van der Waals surface area contributed by atoms with E-state index in [9.17, 15) is 9.18 Å². The topological polar surface area (TPSA) is 46.5 Å². The van der Waals surface area contributed by atoms with Crippen LogP contribution in [0, 0.1) is 12.7 Å². The predicted molar refractivity (Wildman–Crippen MR) is 69.6 cm³/mol. The van der Waals surface area contributed by atoms with Crippen LogP contribution in [-0.4, -0.2) is 11.1 Å². The van der Waals surface area contributed by atoms with E-state index in [0.29, 0.717) is 0 Å². The molecule has 5 heteroatoms. The molecular weight excluding hydrogens is 271 g/mol. The van der Waals surface area contributed by atoms with Crippen molar-refractivity contribution in [1.29, 1.82) is 0 Å². The first kappa shape index (κ1) is 13.4. The highest BCUT2D eigenvalue weighted by Gasteiger charge is 2.13. The maximum absolute atomic E-state index is 13.0. The van der Waals surface area contributed by atoms with Crippen LogP contribution in [0.25, 0.3) is 0 Å². The van der Waals surface area contributed by atoms with E-state index in [4.69, 9.17) is 21.4 Å². The van der Waals surface area contributed by atoms with E-state index in [1.54, 1.807) is 19.1 Å². The lowest BCUT2D eigenvalue weighted by Gasteiger charge is -2.09. The fourth-order valence-corrected chi connectivity index (χ4v) is 1.74. The van der Waals surface area contributed by atoms with Crippen molar-refractivity contribution in [2.24, 2.45) is 0 Å². The van der Waals surface area contributed by atoms with Crippen molar-refractivity contribution in [2.45, 2.75) is 6.92 Å². The maximum atomic E-state index is 13.0. The number of aromatic carboxylic acids is 1. The summed E-state index contributed by atoms with van der Waals surface area (Å²) < 4.78 is 18.4. The molecule has 0 amide bonds. The Morgan fingerprint density at radius 3 is 2.63 bits per heavy atom. The van der Waals surface area contributed by atoms with Crippen molar-refractivity contribution in [3.05, 3.63) is 58.4 Å². The number of halogens is 2. The van der Waals surface area contributed by atoms with Gasteiger partial charge in [-0.15, -0.1) is 0 Å². The van der Waals surface area contributed by atoms with E-state index in [1.165, 1.54) is 18.2 Å². The van der Waals surface area contributed by atoms with E-state index in [0.717, 1.165) is 11.6 Å². The molecule has 0 saturated carbocycles. The zero-order chi connectivity index (χ0) is 14.0. The highest BCUT2D eigenvalue weighted by Crippen LogP contribution is 2.29. The molecule has 98 valence electrons. The van der Waals surface area contributed by atoms with Gasteiger partial charge in [0.15, 0.2) is 0 Å². The number of hydrogen-bond donors (Lipinski definition) is 1. The zero-order valence-corrected chi connectivity index (χ0v) is 10.7. The average molecular weight is 281 g/mol. The molecule has 2 rings (SSSR count). The van der Waals surface area contributed by atoms with Crippen LogP contribution >= 0.6 is 11.6 Å². The second kappa shape index (κ2) is 5.28. The number of rotatable bonds is 3. The molecule has 0 heterocycles. The summed E-state index contributed by atoms with van der Waals surface area (Å²) in [5, 5.41) is 9.02. The van der Waals surface area contributed by atoms with Crippen molar-refractivity contribution >= 4 is 17.6 Å². The van der Waals surface area contributed by atoms with Crippen LogP contribution in [0.1, 0.15) is 15.9 Å². The number of carbonyl (C=O) groups is 1. The highest BCUT2D eigenvalue weighted by molar-refractivity contribution is 6.30. The van der Waals surface area contributed by atoms with Gasteiger partial charge in [0, 0.05) is 6.07 Å². The molecule has 0 fully saturated rings. The van der Waals surface area contributed by atoms with Crippen LogP contribution < -0.4 is 4.74 Å². The lowest BCUT2D eigenvalue weighted by molar-refractivity contribution is 0.0694. The molecule has 2 aromatic rings. The van der Waals surface area contributed by atoms with Crippen molar-refractivity contribution in [3.63, 3.8) is 0 Å². The van der Waals surface area contributed by atoms with Gasteiger partial charge < -0.3 is 9.84 Å². The van der Waals surface area contributed by atoms with E-state index < -0.39 is 11.8 Å². The molecule has 2 aromatic carbocycles. The van der Waals surface area contributed by atoms with Crippen LogP contribution in [0.2, 0.25) is 5.02 Å². The summed E-state index contributed by atoms with van der Waals surface area (Å²) in [5.41, 5.74) is 0.849. The highest BCUT2D eigenvalue weighted by atomic mass is 35.5. The van der Waals surface area contributed by atoms with E-state index >= 15 is 0 Å². The van der Waals surface area contributed by atoms with E-state index in [1.807, 2.05) is 0 Å². The number of carboxylic acid groups (broad SMARTS) is 1. The van der Waals surface area contributed by atoms with Crippen molar-refractivity contribution < 1.29 is 19.0 Å². The molecule has 0 aliphatic heterocycles. The first-order valence-corrected chi connectivity index (χ1v) is 5.82. The van der Waals surface area contributed by atoms with Crippen LogP contribution in [0.5, 0.6) is 11.5 Å². The summed E-state index contributed by atoms with van der Waals surface area (Å²) >= 11 is 5.64.